The molecule has 9 nitrogen and oxygen atoms in total. The van der Waals surface area contributed by atoms with Crippen molar-refractivity contribution in [3.8, 4) is 17.2 Å². The van der Waals surface area contributed by atoms with Gasteiger partial charge in [0.2, 0.25) is 0 Å². The number of nitrogens with one attached hydrogen (secondary N) is 1. The standard InChI is InChI=1S/C21H22N4O5/c1-5-30-19-12-17(25(27)28)16(11-18(19)29-4)21(26)22-20-13(2)23-24(14(20)3)15-9-7-6-8-10-15/h6-12H,5H2,1-4H3,(H,22,26). The Morgan fingerprint density at radius 2 is 1.90 bits per heavy atom. The number of rotatable bonds is 7. The normalized spacial score (nSPS) is 10.5. The highest BCUT2D eigenvalue weighted by molar-refractivity contribution is 6.08. The Bertz CT molecular complexity index is 1090. The quantitative estimate of drug-likeness (QED) is 0.465. The molecule has 0 atom stereocenters. The van der Waals surface area contributed by atoms with E-state index >= 15 is 0 Å². The van der Waals surface area contributed by atoms with Crippen molar-refractivity contribution in [3.05, 3.63) is 69.5 Å². The Labute approximate surface area is 173 Å². The van der Waals surface area contributed by atoms with Gasteiger partial charge in [0.1, 0.15) is 5.56 Å². The summed E-state index contributed by atoms with van der Waals surface area (Å²) >= 11 is 0. The predicted octanol–water partition coefficient (Wildman–Crippen LogP) is 4.06. The molecule has 0 aliphatic heterocycles. The second kappa shape index (κ2) is 8.64. The number of benzene rings is 2. The fourth-order valence-electron chi connectivity index (χ4n) is 3.14. The van der Waals surface area contributed by atoms with Crippen LogP contribution < -0.4 is 14.8 Å². The molecular weight excluding hydrogens is 388 g/mol. The second-order valence-corrected chi connectivity index (χ2v) is 6.46. The van der Waals surface area contributed by atoms with Crippen molar-refractivity contribution in [2.75, 3.05) is 19.0 Å². The number of para-hydroxylation sites is 1. The van der Waals surface area contributed by atoms with Crippen LogP contribution in [0.4, 0.5) is 11.4 Å². The lowest BCUT2D eigenvalue weighted by Crippen LogP contribution is -2.15. The van der Waals surface area contributed by atoms with E-state index in [9.17, 15) is 14.9 Å². The van der Waals surface area contributed by atoms with Crippen molar-refractivity contribution >= 4 is 17.3 Å². The number of hydrogen-bond acceptors (Lipinski definition) is 6. The van der Waals surface area contributed by atoms with Gasteiger partial charge in [0.05, 0.1) is 47.5 Å². The number of hydrogen-bond donors (Lipinski definition) is 1. The van der Waals surface area contributed by atoms with Gasteiger partial charge in [-0.2, -0.15) is 5.10 Å². The van der Waals surface area contributed by atoms with E-state index in [0.29, 0.717) is 23.7 Å². The van der Waals surface area contributed by atoms with Crippen molar-refractivity contribution in [1.82, 2.24) is 9.78 Å². The van der Waals surface area contributed by atoms with Gasteiger partial charge in [0, 0.05) is 6.07 Å². The minimum absolute atomic E-state index is 0.133. The molecule has 0 saturated carbocycles. The first-order chi connectivity index (χ1) is 14.4. The highest BCUT2D eigenvalue weighted by Crippen LogP contribution is 2.35. The molecule has 1 amide bonds. The summed E-state index contributed by atoms with van der Waals surface area (Å²) in [6.07, 6.45) is 0. The molecule has 0 saturated heterocycles. The van der Waals surface area contributed by atoms with Gasteiger partial charge in [0.15, 0.2) is 11.5 Å². The molecule has 0 fully saturated rings. The van der Waals surface area contributed by atoms with E-state index in [1.807, 2.05) is 37.3 Å². The molecule has 0 aliphatic rings. The minimum atomic E-state index is -0.637. The summed E-state index contributed by atoms with van der Waals surface area (Å²) in [7, 11) is 1.41. The average Bonchev–Trinajstić information content (AvgIpc) is 3.02. The van der Waals surface area contributed by atoms with Crippen LogP contribution in [-0.2, 0) is 0 Å². The summed E-state index contributed by atoms with van der Waals surface area (Å²) < 4.78 is 12.3. The smallest absolute Gasteiger partial charge is 0.286 e. The van der Waals surface area contributed by atoms with Gasteiger partial charge in [-0.3, -0.25) is 14.9 Å². The number of nitro groups is 1. The zero-order valence-corrected chi connectivity index (χ0v) is 17.1. The number of nitrogens with zero attached hydrogens (tertiary/aromatic N) is 3. The monoisotopic (exact) mass is 410 g/mol. The SMILES string of the molecule is CCOc1cc([N+](=O)[O-])c(C(=O)Nc2c(C)nn(-c3ccccc3)c2C)cc1OC. The molecule has 0 spiro atoms. The summed E-state index contributed by atoms with van der Waals surface area (Å²) in [5.74, 6) is -0.199. The molecule has 0 bridgehead atoms. The van der Waals surface area contributed by atoms with Crippen molar-refractivity contribution in [3.63, 3.8) is 0 Å². The lowest BCUT2D eigenvalue weighted by molar-refractivity contribution is -0.385. The fraction of sp³-hybridized carbons (Fsp3) is 0.238. The summed E-state index contributed by atoms with van der Waals surface area (Å²) in [5, 5.41) is 18.8. The number of aromatic nitrogens is 2. The van der Waals surface area contributed by atoms with Crippen LogP contribution in [0.5, 0.6) is 11.5 Å². The Morgan fingerprint density at radius 1 is 1.20 bits per heavy atom. The van der Waals surface area contributed by atoms with E-state index in [0.717, 1.165) is 5.69 Å². The number of carbonyl (C=O) groups excluding carboxylic acids is 1. The number of amides is 1. The minimum Gasteiger partial charge on any atom is -0.493 e. The molecule has 3 rings (SSSR count). The molecule has 3 aromatic rings. The Hall–Kier alpha value is -3.88. The molecule has 0 aliphatic carbocycles. The van der Waals surface area contributed by atoms with E-state index in [1.54, 1.807) is 18.5 Å². The number of carbonyl (C=O) groups is 1. The largest absolute Gasteiger partial charge is 0.493 e. The van der Waals surface area contributed by atoms with Crippen LogP contribution in [0, 0.1) is 24.0 Å². The first-order valence-corrected chi connectivity index (χ1v) is 9.29. The summed E-state index contributed by atoms with van der Waals surface area (Å²) in [6.45, 7) is 5.63. The third-order valence-corrected chi connectivity index (χ3v) is 4.55. The van der Waals surface area contributed by atoms with Gasteiger partial charge >= 0.3 is 0 Å². The number of aryl methyl sites for hydroxylation is 1. The lowest BCUT2D eigenvalue weighted by Gasteiger charge is -2.12. The Morgan fingerprint density at radius 3 is 2.50 bits per heavy atom. The Balaban J connectivity index is 2.00. The molecule has 30 heavy (non-hydrogen) atoms. The van der Waals surface area contributed by atoms with Crippen LogP contribution in [0.3, 0.4) is 0 Å². The third-order valence-electron chi connectivity index (χ3n) is 4.55. The summed E-state index contributed by atoms with van der Waals surface area (Å²) in [4.78, 5) is 23.9. The maximum atomic E-state index is 13.0. The van der Waals surface area contributed by atoms with Crippen molar-refractivity contribution in [2.45, 2.75) is 20.8 Å². The van der Waals surface area contributed by atoms with Crippen LogP contribution in [0.25, 0.3) is 5.69 Å². The van der Waals surface area contributed by atoms with Crippen LogP contribution in [0.2, 0.25) is 0 Å². The molecule has 156 valence electrons. The third kappa shape index (κ3) is 3.95. The molecule has 2 aromatic carbocycles. The van der Waals surface area contributed by atoms with E-state index in [-0.39, 0.29) is 22.7 Å². The first kappa shape index (κ1) is 20.8. The van der Waals surface area contributed by atoms with Crippen LogP contribution in [0.15, 0.2) is 42.5 Å². The lowest BCUT2D eigenvalue weighted by atomic mass is 10.1. The van der Waals surface area contributed by atoms with Crippen LogP contribution in [-0.4, -0.2) is 34.3 Å². The summed E-state index contributed by atoms with van der Waals surface area (Å²) in [6, 6.07) is 12.0. The molecule has 1 heterocycles. The van der Waals surface area contributed by atoms with Gasteiger partial charge < -0.3 is 14.8 Å². The maximum Gasteiger partial charge on any atom is 0.286 e. The topological polar surface area (TPSA) is 109 Å². The summed E-state index contributed by atoms with van der Waals surface area (Å²) in [5.41, 5.74) is 2.12. The van der Waals surface area contributed by atoms with Gasteiger partial charge in [0.25, 0.3) is 11.6 Å². The van der Waals surface area contributed by atoms with Gasteiger partial charge in [-0.05, 0) is 32.9 Å². The van der Waals surface area contributed by atoms with E-state index in [2.05, 4.69) is 10.4 Å². The van der Waals surface area contributed by atoms with Crippen molar-refractivity contribution < 1.29 is 19.2 Å². The van der Waals surface area contributed by atoms with Crippen molar-refractivity contribution in [2.24, 2.45) is 0 Å². The highest BCUT2D eigenvalue weighted by Gasteiger charge is 2.26. The molecule has 0 unspecified atom stereocenters. The van der Waals surface area contributed by atoms with Crippen molar-refractivity contribution in [1.29, 1.82) is 0 Å². The number of ether oxygens (including phenoxy) is 2. The van der Waals surface area contributed by atoms with E-state index < -0.39 is 10.8 Å². The highest BCUT2D eigenvalue weighted by atomic mass is 16.6. The zero-order chi connectivity index (χ0) is 21.8. The molecular formula is C21H22N4O5. The number of nitro benzene ring substituents is 1. The average molecular weight is 410 g/mol. The van der Waals surface area contributed by atoms with Gasteiger partial charge in [-0.25, -0.2) is 4.68 Å². The maximum absolute atomic E-state index is 13.0. The van der Waals surface area contributed by atoms with Gasteiger partial charge in [-0.15, -0.1) is 0 Å². The number of anilines is 1. The molecule has 1 N–H and O–H groups in total. The zero-order valence-electron chi connectivity index (χ0n) is 17.1. The first-order valence-electron chi connectivity index (χ1n) is 9.29. The van der Waals surface area contributed by atoms with E-state index in [4.69, 9.17) is 9.47 Å². The van der Waals surface area contributed by atoms with E-state index in [1.165, 1.54) is 19.2 Å². The second-order valence-electron chi connectivity index (χ2n) is 6.46. The number of methoxy groups -OCH3 is 1. The molecule has 9 heteroatoms. The van der Waals surface area contributed by atoms with Gasteiger partial charge in [-0.1, -0.05) is 18.2 Å². The predicted molar refractivity (Wildman–Crippen MR) is 112 cm³/mol. The fourth-order valence-corrected chi connectivity index (χ4v) is 3.14. The molecule has 1 aromatic heterocycles. The molecule has 0 radical (unpaired) electrons. The Kier molecular flexibility index (Phi) is 6.01. The van der Waals surface area contributed by atoms with Crippen LogP contribution in [0.1, 0.15) is 28.7 Å². The van der Waals surface area contributed by atoms with Crippen LogP contribution >= 0.6 is 0 Å².